The fourth-order valence-electron chi connectivity index (χ4n) is 2.63. The Morgan fingerprint density at radius 2 is 1.96 bits per heavy atom. The quantitative estimate of drug-likeness (QED) is 0.285. The monoisotopic (exact) mass is 344 g/mol. The Bertz CT molecular complexity index is 508. The lowest BCUT2D eigenvalue weighted by Crippen LogP contribution is -2.59. The molecule has 2 aliphatic rings. The van der Waals surface area contributed by atoms with Crippen molar-refractivity contribution < 1.29 is 39.4 Å². The molecule has 0 aromatic heterocycles. The molecule has 8 nitrogen and oxygen atoms in total. The van der Waals surface area contributed by atoms with Crippen molar-refractivity contribution in [2.75, 3.05) is 13.2 Å². The van der Waals surface area contributed by atoms with Gasteiger partial charge in [-0.05, 0) is 26.0 Å². The highest BCUT2D eigenvalue weighted by molar-refractivity contribution is 5.90. The number of cyclic esters (lactones) is 1. The molecule has 0 spiro atoms. The number of allylic oxidation sites excluding steroid dienone is 1. The minimum absolute atomic E-state index is 0.0470. The van der Waals surface area contributed by atoms with Crippen molar-refractivity contribution in [3.05, 3.63) is 23.3 Å². The van der Waals surface area contributed by atoms with Gasteiger partial charge in [0.1, 0.15) is 30.5 Å². The number of esters is 1. The summed E-state index contributed by atoms with van der Waals surface area (Å²) in [7, 11) is 0. The van der Waals surface area contributed by atoms with Gasteiger partial charge in [0.05, 0.1) is 13.2 Å². The summed E-state index contributed by atoms with van der Waals surface area (Å²) in [6, 6.07) is 0. The van der Waals surface area contributed by atoms with E-state index in [9.17, 15) is 20.1 Å². The Balaban J connectivity index is 1.91. The van der Waals surface area contributed by atoms with E-state index >= 15 is 0 Å². The number of hydrogen-bond donors (Lipinski definition) is 4. The number of rotatable bonds is 5. The fraction of sp³-hybridized carbons (Fsp3) is 0.688. The van der Waals surface area contributed by atoms with Gasteiger partial charge in [0.15, 0.2) is 6.29 Å². The largest absolute Gasteiger partial charge is 0.454 e. The molecule has 2 fully saturated rings. The van der Waals surface area contributed by atoms with Crippen molar-refractivity contribution >= 4 is 5.97 Å². The van der Waals surface area contributed by atoms with Crippen molar-refractivity contribution in [1.82, 2.24) is 0 Å². The molecule has 2 rings (SSSR count). The van der Waals surface area contributed by atoms with E-state index in [1.165, 1.54) is 6.08 Å². The molecule has 0 radical (unpaired) electrons. The molecule has 0 amide bonds. The van der Waals surface area contributed by atoms with Crippen LogP contribution in [0, 0.1) is 0 Å². The topological polar surface area (TPSA) is 126 Å². The fourth-order valence-corrected chi connectivity index (χ4v) is 2.63. The first kappa shape index (κ1) is 19.0. The van der Waals surface area contributed by atoms with Crippen LogP contribution in [-0.2, 0) is 19.0 Å². The van der Waals surface area contributed by atoms with Crippen molar-refractivity contribution in [3.63, 3.8) is 0 Å². The first-order valence-electron chi connectivity index (χ1n) is 7.80. The van der Waals surface area contributed by atoms with E-state index in [1.807, 2.05) is 19.9 Å². The van der Waals surface area contributed by atoms with E-state index in [1.54, 1.807) is 0 Å². The van der Waals surface area contributed by atoms with Crippen LogP contribution in [0.5, 0.6) is 0 Å². The molecular formula is C16H24O8. The molecule has 0 aromatic rings. The molecular weight excluding hydrogens is 320 g/mol. The lowest BCUT2D eigenvalue weighted by atomic mass is 9.99. The van der Waals surface area contributed by atoms with Crippen LogP contribution in [0.25, 0.3) is 0 Å². The molecule has 2 saturated heterocycles. The Morgan fingerprint density at radius 1 is 1.25 bits per heavy atom. The third-order valence-corrected chi connectivity index (χ3v) is 3.90. The molecule has 8 heteroatoms. The van der Waals surface area contributed by atoms with Crippen LogP contribution in [0.2, 0.25) is 0 Å². The van der Waals surface area contributed by atoms with Crippen LogP contribution in [0.3, 0.4) is 0 Å². The highest BCUT2D eigenvalue weighted by Crippen LogP contribution is 2.24. The zero-order valence-corrected chi connectivity index (χ0v) is 13.7. The van der Waals surface area contributed by atoms with Gasteiger partial charge in [-0.25, -0.2) is 4.79 Å². The lowest BCUT2D eigenvalue weighted by Gasteiger charge is -2.39. The molecule has 6 atom stereocenters. The summed E-state index contributed by atoms with van der Waals surface area (Å²) in [6.45, 7) is 3.26. The second-order valence-corrected chi connectivity index (χ2v) is 6.15. The van der Waals surface area contributed by atoms with Gasteiger partial charge in [-0.15, -0.1) is 0 Å². The molecule has 0 saturated carbocycles. The van der Waals surface area contributed by atoms with Gasteiger partial charge in [-0.2, -0.15) is 0 Å². The van der Waals surface area contributed by atoms with Crippen LogP contribution in [-0.4, -0.2) is 76.4 Å². The summed E-state index contributed by atoms with van der Waals surface area (Å²) < 4.78 is 15.7. The van der Waals surface area contributed by atoms with Crippen molar-refractivity contribution in [3.8, 4) is 0 Å². The van der Waals surface area contributed by atoms with Crippen molar-refractivity contribution in [2.45, 2.75) is 57.1 Å². The first-order valence-corrected chi connectivity index (χ1v) is 7.80. The number of aliphatic hydroxyl groups excluding tert-OH is 4. The van der Waals surface area contributed by atoms with E-state index < -0.39 is 43.3 Å². The smallest absolute Gasteiger partial charge is 0.334 e. The Kier molecular flexibility index (Phi) is 6.50. The second kappa shape index (κ2) is 8.19. The van der Waals surface area contributed by atoms with Gasteiger partial charge in [0.25, 0.3) is 0 Å². The Hall–Kier alpha value is -1.29. The molecule has 2 aliphatic heterocycles. The zero-order chi connectivity index (χ0) is 17.9. The summed E-state index contributed by atoms with van der Waals surface area (Å²) in [6.07, 6.45) is -3.11. The van der Waals surface area contributed by atoms with Crippen molar-refractivity contribution in [2.24, 2.45) is 0 Å². The van der Waals surface area contributed by atoms with Crippen LogP contribution < -0.4 is 0 Å². The molecule has 0 aromatic carbocycles. The maximum absolute atomic E-state index is 11.7. The van der Waals surface area contributed by atoms with Gasteiger partial charge in [-0.1, -0.05) is 5.57 Å². The second-order valence-electron chi connectivity index (χ2n) is 6.15. The van der Waals surface area contributed by atoms with Crippen LogP contribution in [0.4, 0.5) is 0 Å². The summed E-state index contributed by atoms with van der Waals surface area (Å²) in [5.74, 6) is -0.421. The number of hydrogen-bond acceptors (Lipinski definition) is 8. The van der Waals surface area contributed by atoms with Gasteiger partial charge in [-0.3, -0.25) is 0 Å². The van der Waals surface area contributed by atoms with E-state index in [0.717, 1.165) is 5.57 Å². The van der Waals surface area contributed by atoms with Gasteiger partial charge in [0.2, 0.25) is 0 Å². The average Bonchev–Trinajstić information content (AvgIpc) is 2.86. The Morgan fingerprint density at radius 3 is 2.58 bits per heavy atom. The minimum atomic E-state index is -1.49. The van der Waals surface area contributed by atoms with E-state index in [0.29, 0.717) is 12.0 Å². The number of aliphatic hydroxyl groups is 4. The predicted octanol–water partition coefficient (Wildman–Crippen LogP) is -0.989. The van der Waals surface area contributed by atoms with Crippen LogP contribution >= 0.6 is 0 Å². The molecule has 2 heterocycles. The third-order valence-electron chi connectivity index (χ3n) is 3.90. The summed E-state index contributed by atoms with van der Waals surface area (Å²) in [5.41, 5.74) is 1.51. The summed E-state index contributed by atoms with van der Waals surface area (Å²) in [5, 5.41) is 38.3. The normalized spacial score (nSPS) is 38.2. The standard InChI is InChI=1S/C16H24O8/c1-8(2)5-10-6-9(15(21)23-10)3-4-22-16-14(20)13(19)12(18)11(7-17)24-16/h3,5,10-14,16-20H,4,6-7H2,1-2H3/b9-3-/t10-,11+,12+,13-,14+,16+/m0/s1. The van der Waals surface area contributed by atoms with Gasteiger partial charge < -0.3 is 34.6 Å². The zero-order valence-electron chi connectivity index (χ0n) is 13.7. The molecule has 0 unspecified atom stereocenters. The average molecular weight is 344 g/mol. The first-order chi connectivity index (χ1) is 11.3. The van der Waals surface area contributed by atoms with Gasteiger partial charge >= 0.3 is 5.97 Å². The SMILES string of the molecule is CC(C)=C[C@H]1C/C(=C/CO[C@@H]2O[C@H](CO)[C@@H](O)[C@H](O)[C@H]2O)C(=O)O1. The summed E-state index contributed by atoms with van der Waals surface area (Å²) in [4.78, 5) is 11.7. The molecule has 0 aliphatic carbocycles. The van der Waals surface area contributed by atoms with E-state index in [2.05, 4.69) is 0 Å². The number of carbonyl (C=O) groups is 1. The highest BCUT2D eigenvalue weighted by Gasteiger charge is 2.43. The molecule has 136 valence electrons. The molecule has 4 N–H and O–H groups in total. The summed E-state index contributed by atoms with van der Waals surface area (Å²) >= 11 is 0. The van der Waals surface area contributed by atoms with Crippen LogP contribution in [0.1, 0.15) is 20.3 Å². The number of ether oxygens (including phenoxy) is 3. The maximum atomic E-state index is 11.7. The number of carbonyl (C=O) groups excluding carboxylic acids is 1. The molecule has 0 bridgehead atoms. The van der Waals surface area contributed by atoms with E-state index in [-0.39, 0.29) is 12.7 Å². The maximum Gasteiger partial charge on any atom is 0.334 e. The Labute approximate surface area is 140 Å². The molecule has 24 heavy (non-hydrogen) atoms. The third kappa shape index (κ3) is 4.41. The van der Waals surface area contributed by atoms with Gasteiger partial charge in [0, 0.05) is 12.0 Å². The minimum Gasteiger partial charge on any atom is -0.454 e. The van der Waals surface area contributed by atoms with Crippen molar-refractivity contribution in [1.29, 1.82) is 0 Å². The highest BCUT2D eigenvalue weighted by atomic mass is 16.7. The van der Waals surface area contributed by atoms with E-state index in [4.69, 9.17) is 19.3 Å². The predicted molar refractivity (Wildman–Crippen MR) is 81.7 cm³/mol. The van der Waals surface area contributed by atoms with Crippen LogP contribution in [0.15, 0.2) is 23.3 Å². The lowest BCUT2D eigenvalue weighted by molar-refractivity contribution is -0.298.